The third-order valence-corrected chi connectivity index (χ3v) is 6.66. The van der Waals surface area contributed by atoms with Crippen LogP contribution in [0.4, 0.5) is 0 Å². The van der Waals surface area contributed by atoms with Gasteiger partial charge in [-0.25, -0.2) is 8.42 Å². The zero-order valence-corrected chi connectivity index (χ0v) is 16.1. The van der Waals surface area contributed by atoms with Gasteiger partial charge < -0.3 is 10.1 Å². The highest BCUT2D eigenvalue weighted by Gasteiger charge is 2.33. The largest absolute Gasteiger partial charge is 0.496 e. The molecule has 2 aromatic rings. The molecule has 6 nitrogen and oxygen atoms in total. The molecule has 1 N–H and O–H groups in total. The quantitative estimate of drug-likeness (QED) is 0.825. The van der Waals surface area contributed by atoms with Gasteiger partial charge in [-0.1, -0.05) is 36.4 Å². The van der Waals surface area contributed by atoms with Crippen LogP contribution < -0.4 is 10.1 Å². The molecule has 1 saturated heterocycles. The first kappa shape index (κ1) is 19.4. The minimum atomic E-state index is -3.57. The molecule has 0 aromatic heterocycles. The molecular formula is C20H24N2O4S. The lowest BCUT2D eigenvalue weighted by Crippen LogP contribution is -2.45. The Kier molecular flexibility index (Phi) is 6.13. The summed E-state index contributed by atoms with van der Waals surface area (Å²) in [5.74, 6) is 0.232. The topological polar surface area (TPSA) is 75.7 Å². The fourth-order valence-electron chi connectivity index (χ4n) is 3.29. The molecule has 1 aliphatic heterocycles. The number of methoxy groups -OCH3 is 1. The number of amides is 1. The highest BCUT2D eigenvalue weighted by Crippen LogP contribution is 2.24. The second-order valence-corrected chi connectivity index (χ2v) is 8.48. The van der Waals surface area contributed by atoms with Crippen LogP contribution >= 0.6 is 0 Å². The highest BCUT2D eigenvalue weighted by atomic mass is 32.2. The fourth-order valence-corrected chi connectivity index (χ4v) is 4.84. The number of nitrogens with zero attached hydrogens (tertiary/aromatic N) is 1. The molecule has 0 bridgehead atoms. The first-order chi connectivity index (χ1) is 13.0. The lowest BCUT2D eigenvalue weighted by Gasteiger charge is -2.31. The summed E-state index contributed by atoms with van der Waals surface area (Å²) in [6.07, 6.45) is 1.34. The summed E-state index contributed by atoms with van der Waals surface area (Å²) in [5, 5.41) is 2.91. The van der Waals surface area contributed by atoms with E-state index in [4.69, 9.17) is 4.74 Å². The van der Waals surface area contributed by atoms with Gasteiger partial charge in [-0.15, -0.1) is 0 Å². The molecule has 1 aliphatic rings. The van der Waals surface area contributed by atoms with E-state index >= 15 is 0 Å². The predicted octanol–water partition coefficient (Wildman–Crippen LogP) is 2.41. The number of hydrogen-bond donors (Lipinski definition) is 1. The van der Waals surface area contributed by atoms with Gasteiger partial charge in [0.25, 0.3) is 0 Å². The van der Waals surface area contributed by atoms with E-state index in [9.17, 15) is 13.2 Å². The second-order valence-electron chi connectivity index (χ2n) is 6.54. The van der Waals surface area contributed by atoms with E-state index in [0.717, 1.165) is 11.3 Å². The lowest BCUT2D eigenvalue weighted by molar-refractivity contribution is -0.126. The Morgan fingerprint density at radius 3 is 2.59 bits per heavy atom. The molecule has 0 unspecified atom stereocenters. The minimum absolute atomic E-state index is 0.131. The van der Waals surface area contributed by atoms with Crippen LogP contribution in [0.5, 0.6) is 5.75 Å². The molecule has 1 fully saturated rings. The maximum Gasteiger partial charge on any atom is 0.243 e. The smallest absolute Gasteiger partial charge is 0.243 e. The number of hydrogen-bond acceptors (Lipinski definition) is 4. The molecule has 0 saturated carbocycles. The standard InChI is InChI=1S/C20H24N2O4S/c1-26-19-12-6-5-8-16(19)14-21-20(23)17-9-7-13-22(15-17)27(24,25)18-10-3-2-4-11-18/h2-6,8,10-12,17H,7,9,13-15H2,1H3,(H,21,23)/t17-/m1/s1. The van der Waals surface area contributed by atoms with E-state index in [-0.39, 0.29) is 23.3 Å². The van der Waals surface area contributed by atoms with Gasteiger partial charge in [0, 0.05) is 25.2 Å². The second kappa shape index (κ2) is 8.54. The SMILES string of the molecule is COc1ccccc1CNC(=O)[C@@H]1CCCN(S(=O)(=O)c2ccccc2)C1. The maximum absolute atomic E-state index is 12.8. The molecular weight excluding hydrogens is 364 g/mol. The number of para-hydroxylation sites is 1. The molecule has 2 aromatic carbocycles. The van der Waals surface area contributed by atoms with Crippen LogP contribution in [0.1, 0.15) is 18.4 Å². The van der Waals surface area contributed by atoms with Crippen LogP contribution in [0.25, 0.3) is 0 Å². The van der Waals surface area contributed by atoms with Crippen LogP contribution in [-0.4, -0.2) is 38.8 Å². The summed E-state index contributed by atoms with van der Waals surface area (Å²) in [6, 6.07) is 15.9. The Balaban J connectivity index is 1.65. The molecule has 7 heteroatoms. The molecule has 0 radical (unpaired) electrons. The van der Waals surface area contributed by atoms with Gasteiger partial charge in [-0.2, -0.15) is 4.31 Å². The van der Waals surface area contributed by atoms with Gasteiger partial charge in [-0.05, 0) is 31.0 Å². The van der Waals surface area contributed by atoms with Crippen molar-refractivity contribution in [3.8, 4) is 5.75 Å². The van der Waals surface area contributed by atoms with Crippen LogP contribution in [0, 0.1) is 5.92 Å². The lowest BCUT2D eigenvalue weighted by atomic mass is 9.98. The van der Waals surface area contributed by atoms with Crippen molar-refractivity contribution in [2.24, 2.45) is 5.92 Å². The monoisotopic (exact) mass is 388 g/mol. The van der Waals surface area contributed by atoms with Crippen molar-refractivity contribution >= 4 is 15.9 Å². The highest BCUT2D eigenvalue weighted by molar-refractivity contribution is 7.89. The Bertz CT molecular complexity index is 884. The van der Waals surface area contributed by atoms with Crippen molar-refractivity contribution < 1.29 is 17.9 Å². The van der Waals surface area contributed by atoms with E-state index in [1.54, 1.807) is 37.4 Å². The molecule has 0 aliphatic carbocycles. The molecule has 3 rings (SSSR count). The van der Waals surface area contributed by atoms with Crippen LogP contribution in [0.3, 0.4) is 0 Å². The van der Waals surface area contributed by atoms with Gasteiger partial charge >= 0.3 is 0 Å². The van der Waals surface area contributed by atoms with Crippen molar-refractivity contribution in [1.82, 2.24) is 9.62 Å². The fraction of sp³-hybridized carbons (Fsp3) is 0.350. The van der Waals surface area contributed by atoms with E-state index in [1.807, 2.05) is 24.3 Å². The van der Waals surface area contributed by atoms with Crippen LogP contribution in [0.2, 0.25) is 0 Å². The van der Waals surface area contributed by atoms with Crippen LogP contribution in [-0.2, 0) is 21.4 Å². The predicted molar refractivity (Wildman–Crippen MR) is 103 cm³/mol. The zero-order valence-electron chi connectivity index (χ0n) is 15.3. The Labute approximate surface area is 160 Å². The van der Waals surface area contributed by atoms with Crippen molar-refractivity contribution in [2.75, 3.05) is 20.2 Å². The maximum atomic E-state index is 12.8. The van der Waals surface area contributed by atoms with E-state index < -0.39 is 10.0 Å². The van der Waals surface area contributed by atoms with Gasteiger partial charge in [-0.3, -0.25) is 4.79 Å². The Morgan fingerprint density at radius 2 is 1.85 bits per heavy atom. The first-order valence-electron chi connectivity index (χ1n) is 8.97. The van der Waals surface area contributed by atoms with E-state index in [2.05, 4.69) is 5.32 Å². The van der Waals surface area contributed by atoms with Gasteiger partial charge in [0.1, 0.15) is 5.75 Å². The van der Waals surface area contributed by atoms with Gasteiger partial charge in [0.2, 0.25) is 15.9 Å². The number of rotatable bonds is 6. The molecule has 0 spiro atoms. The number of benzene rings is 2. The minimum Gasteiger partial charge on any atom is -0.496 e. The molecule has 1 atom stereocenters. The van der Waals surface area contributed by atoms with Crippen molar-refractivity contribution in [3.63, 3.8) is 0 Å². The summed E-state index contributed by atoms with van der Waals surface area (Å²) >= 11 is 0. The molecule has 144 valence electrons. The number of piperidine rings is 1. The van der Waals surface area contributed by atoms with Crippen LogP contribution in [0.15, 0.2) is 59.5 Å². The summed E-state index contributed by atoms with van der Waals surface area (Å²) in [5.41, 5.74) is 0.887. The average Bonchev–Trinajstić information content (AvgIpc) is 2.73. The Hall–Kier alpha value is -2.38. The number of nitrogens with one attached hydrogen (secondary N) is 1. The normalized spacial score (nSPS) is 18.0. The summed E-state index contributed by atoms with van der Waals surface area (Å²) in [4.78, 5) is 12.9. The van der Waals surface area contributed by atoms with Gasteiger partial charge in [0.05, 0.1) is 17.9 Å². The number of carbonyl (C=O) groups is 1. The van der Waals surface area contributed by atoms with Crippen molar-refractivity contribution in [1.29, 1.82) is 0 Å². The van der Waals surface area contributed by atoms with E-state index in [0.29, 0.717) is 25.9 Å². The Morgan fingerprint density at radius 1 is 1.15 bits per heavy atom. The van der Waals surface area contributed by atoms with Crippen molar-refractivity contribution in [3.05, 3.63) is 60.2 Å². The molecule has 1 amide bonds. The third-order valence-electron chi connectivity index (χ3n) is 4.78. The molecule has 27 heavy (non-hydrogen) atoms. The number of ether oxygens (including phenoxy) is 1. The van der Waals surface area contributed by atoms with E-state index in [1.165, 1.54) is 4.31 Å². The number of carbonyl (C=O) groups excluding carboxylic acids is 1. The summed E-state index contributed by atoms with van der Waals surface area (Å²) < 4.78 is 32.3. The van der Waals surface area contributed by atoms with Crippen molar-refractivity contribution in [2.45, 2.75) is 24.3 Å². The summed E-state index contributed by atoms with van der Waals surface area (Å²) in [7, 11) is -1.98. The third kappa shape index (κ3) is 4.48. The summed E-state index contributed by atoms with van der Waals surface area (Å²) in [6.45, 7) is 0.993. The van der Waals surface area contributed by atoms with Gasteiger partial charge in [0.15, 0.2) is 0 Å². The number of sulfonamides is 1. The molecule has 1 heterocycles. The zero-order chi connectivity index (χ0) is 19.3. The first-order valence-corrected chi connectivity index (χ1v) is 10.4. The average molecular weight is 388 g/mol.